The minimum Gasteiger partial charge on any atom is -0.496 e. The second-order valence-corrected chi connectivity index (χ2v) is 11.3. The van der Waals surface area contributed by atoms with Crippen molar-refractivity contribution in [1.82, 2.24) is 9.62 Å². The number of carbonyl (C=O) groups is 1. The van der Waals surface area contributed by atoms with Gasteiger partial charge in [0, 0.05) is 31.1 Å². The number of ether oxygens (including phenoxy) is 1. The number of sulfonamides is 1. The van der Waals surface area contributed by atoms with Gasteiger partial charge in [0.05, 0.1) is 17.6 Å². The summed E-state index contributed by atoms with van der Waals surface area (Å²) in [5.74, 6) is 2.19. The van der Waals surface area contributed by atoms with Crippen molar-refractivity contribution in [3.8, 4) is 5.75 Å². The zero-order valence-corrected chi connectivity index (χ0v) is 20.6. The molecule has 1 aliphatic rings. The molecule has 1 aliphatic heterocycles. The molecule has 0 radical (unpaired) electrons. The normalized spacial score (nSPS) is 15.5. The van der Waals surface area contributed by atoms with Crippen molar-refractivity contribution < 1.29 is 17.9 Å². The molecule has 0 atom stereocenters. The van der Waals surface area contributed by atoms with E-state index < -0.39 is 10.0 Å². The van der Waals surface area contributed by atoms with Crippen molar-refractivity contribution in [3.05, 3.63) is 59.2 Å². The lowest BCUT2D eigenvalue weighted by Crippen LogP contribution is -2.38. The Hall–Kier alpha value is -2.03. The van der Waals surface area contributed by atoms with Crippen LogP contribution in [0.1, 0.15) is 41.3 Å². The van der Waals surface area contributed by atoms with Crippen LogP contribution in [-0.2, 0) is 15.8 Å². The number of hydrogen-bond donors (Lipinski definition) is 1. The van der Waals surface area contributed by atoms with Gasteiger partial charge in [-0.1, -0.05) is 36.8 Å². The number of hydrogen-bond acceptors (Lipinski definition) is 5. The maximum Gasteiger partial charge on any atom is 0.255 e. The molecule has 2 aromatic carbocycles. The van der Waals surface area contributed by atoms with Gasteiger partial charge < -0.3 is 10.1 Å². The second-order valence-electron chi connectivity index (χ2n) is 8.24. The Balaban J connectivity index is 1.60. The molecule has 0 saturated carbocycles. The Morgan fingerprint density at radius 1 is 1.16 bits per heavy atom. The van der Waals surface area contributed by atoms with Crippen molar-refractivity contribution in [2.24, 2.45) is 5.92 Å². The fraction of sp³-hybridized carbons (Fsp3) is 0.458. The predicted molar refractivity (Wildman–Crippen MR) is 130 cm³/mol. The van der Waals surface area contributed by atoms with E-state index in [1.54, 1.807) is 17.8 Å². The minimum absolute atomic E-state index is 0.131. The first-order valence-electron chi connectivity index (χ1n) is 10.9. The van der Waals surface area contributed by atoms with E-state index >= 15 is 0 Å². The molecule has 2 aromatic rings. The summed E-state index contributed by atoms with van der Waals surface area (Å²) in [5.41, 5.74) is 2.72. The van der Waals surface area contributed by atoms with E-state index in [0.717, 1.165) is 24.3 Å². The third-order valence-corrected chi connectivity index (χ3v) is 8.64. The average Bonchev–Trinajstić information content (AvgIpc) is 2.79. The summed E-state index contributed by atoms with van der Waals surface area (Å²) < 4.78 is 33.0. The zero-order chi connectivity index (χ0) is 23.1. The smallest absolute Gasteiger partial charge is 0.255 e. The van der Waals surface area contributed by atoms with Crippen LogP contribution >= 0.6 is 11.8 Å². The molecular weight excluding hydrogens is 444 g/mol. The maximum atomic E-state index is 13.1. The molecule has 8 heteroatoms. The summed E-state index contributed by atoms with van der Waals surface area (Å²) in [4.78, 5) is 12.9. The molecule has 1 heterocycles. The van der Waals surface area contributed by atoms with E-state index in [4.69, 9.17) is 4.74 Å². The van der Waals surface area contributed by atoms with Gasteiger partial charge in [-0.25, -0.2) is 8.42 Å². The standard InChI is InChI=1S/C24H32N2O4S2/c1-18-4-6-20(7-5-18)17-31-15-12-25-24(27)22-16-21(8-9-23(22)30-3)32(28,29)26-13-10-19(2)11-14-26/h4-9,16,19H,10-15,17H2,1-3H3,(H,25,27). The van der Waals surface area contributed by atoms with E-state index in [-0.39, 0.29) is 16.4 Å². The molecule has 0 unspecified atom stereocenters. The Morgan fingerprint density at radius 2 is 1.84 bits per heavy atom. The van der Waals surface area contributed by atoms with Gasteiger partial charge in [0.25, 0.3) is 5.91 Å². The summed E-state index contributed by atoms with van der Waals surface area (Å²) in [6.45, 7) is 5.71. The highest BCUT2D eigenvalue weighted by molar-refractivity contribution is 7.98. The molecule has 0 aromatic heterocycles. The van der Waals surface area contributed by atoms with Crippen LogP contribution in [0.3, 0.4) is 0 Å². The number of carbonyl (C=O) groups excluding carboxylic acids is 1. The van der Waals surface area contributed by atoms with Crippen molar-refractivity contribution in [2.45, 2.75) is 37.3 Å². The van der Waals surface area contributed by atoms with Gasteiger partial charge in [-0.05, 0) is 49.4 Å². The molecule has 32 heavy (non-hydrogen) atoms. The van der Waals surface area contributed by atoms with Gasteiger partial charge in [0.2, 0.25) is 10.0 Å². The molecule has 0 aliphatic carbocycles. The lowest BCUT2D eigenvalue weighted by atomic mass is 10.0. The van der Waals surface area contributed by atoms with Gasteiger partial charge in [-0.3, -0.25) is 4.79 Å². The van der Waals surface area contributed by atoms with Crippen molar-refractivity contribution in [2.75, 3.05) is 32.5 Å². The van der Waals surface area contributed by atoms with Crippen molar-refractivity contribution >= 4 is 27.7 Å². The van der Waals surface area contributed by atoms with Gasteiger partial charge in [-0.2, -0.15) is 16.1 Å². The van der Waals surface area contributed by atoms with E-state index in [1.807, 2.05) is 0 Å². The quantitative estimate of drug-likeness (QED) is 0.552. The average molecular weight is 477 g/mol. The first-order chi connectivity index (χ1) is 15.3. The largest absolute Gasteiger partial charge is 0.496 e. The Labute approximate surface area is 195 Å². The fourth-order valence-electron chi connectivity index (χ4n) is 3.61. The maximum absolute atomic E-state index is 13.1. The van der Waals surface area contributed by atoms with Crippen molar-refractivity contribution in [1.29, 1.82) is 0 Å². The summed E-state index contributed by atoms with van der Waals surface area (Å²) in [5, 5.41) is 2.88. The molecule has 1 saturated heterocycles. The molecule has 3 rings (SSSR count). The zero-order valence-electron chi connectivity index (χ0n) is 19.0. The van der Waals surface area contributed by atoms with Gasteiger partial charge >= 0.3 is 0 Å². The van der Waals surface area contributed by atoms with Crippen LogP contribution in [0.15, 0.2) is 47.4 Å². The highest BCUT2D eigenvalue weighted by Crippen LogP contribution is 2.27. The van der Waals surface area contributed by atoms with Crippen molar-refractivity contribution in [3.63, 3.8) is 0 Å². The predicted octanol–water partition coefficient (Wildman–Crippen LogP) is 4.09. The molecule has 174 valence electrons. The number of nitrogens with zero attached hydrogens (tertiary/aromatic N) is 1. The molecule has 1 amide bonds. The number of amides is 1. The Kier molecular flexibility index (Phi) is 8.62. The lowest BCUT2D eigenvalue weighted by molar-refractivity contribution is 0.0953. The number of piperidine rings is 1. The first kappa shape index (κ1) is 24.6. The van der Waals surface area contributed by atoms with Crippen LogP contribution in [-0.4, -0.2) is 51.1 Å². The summed E-state index contributed by atoms with van der Waals surface area (Å²) >= 11 is 1.74. The highest BCUT2D eigenvalue weighted by Gasteiger charge is 2.29. The second kappa shape index (κ2) is 11.2. The van der Waals surface area contributed by atoms with Gasteiger partial charge in [-0.15, -0.1) is 0 Å². The topological polar surface area (TPSA) is 75.7 Å². The molecule has 1 N–H and O–H groups in total. The van der Waals surface area contributed by atoms with Crippen LogP contribution in [0.4, 0.5) is 0 Å². The van der Waals surface area contributed by atoms with Crippen LogP contribution in [0.2, 0.25) is 0 Å². The Morgan fingerprint density at radius 3 is 2.50 bits per heavy atom. The Bertz CT molecular complexity index is 1010. The first-order valence-corrected chi connectivity index (χ1v) is 13.5. The number of nitrogens with one attached hydrogen (secondary N) is 1. The van der Waals surface area contributed by atoms with Crippen LogP contribution in [0.25, 0.3) is 0 Å². The van der Waals surface area contributed by atoms with Gasteiger partial charge in [0.15, 0.2) is 0 Å². The lowest BCUT2D eigenvalue weighted by Gasteiger charge is -2.29. The summed E-state index contributed by atoms with van der Waals surface area (Å²) in [6.07, 6.45) is 1.70. The molecule has 6 nitrogen and oxygen atoms in total. The van der Waals surface area contributed by atoms with E-state index in [9.17, 15) is 13.2 Å². The van der Waals surface area contributed by atoms with E-state index in [2.05, 4.69) is 43.4 Å². The third-order valence-electron chi connectivity index (χ3n) is 5.72. The molecule has 0 spiro atoms. The summed E-state index contributed by atoms with van der Waals surface area (Å²) in [6, 6.07) is 12.9. The summed E-state index contributed by atoms with van der Waals surface area (Å²) in [7, 11) is -2.16. The third kappa shape index (κ3) is 6.27. The monoisotopic (exact) mass is 476 g/mol. The van der Waals surface area contributed by atoms with Crippen LogP contribution in [0, 0.1) is 12.8 Å². The molecular formula is C24H32N2O4S2. The van der Waals surface area contributed by atoms with E-state index in [0.29, 0.717) is 31.3 Å². The number of rotatable bonds is 9. The SMILES string of the molecule is COc1ccc(S(=O)(=O)N2CCC(C)CC2)cc1C(=O)NCCSCc1ccc(C)cc1. The number of methoxy groups -OCH3 is 1. The minimum atomic E-state index is -3.64. The van der Waals surface area contributed by atoms with Gasteiger partial charge in [0.1, 0.15) is 5.75 Å². The number of thioether (sulfide) groups is 1. The number of aryl methyl sites for hydroxylation is 1. The van der Waals surface area contributed by atoms with E-state index in [1.165, 1.54) is 34.7 Å². The van der Waals surface area contributed by atoms with Crippen LogP contribution in [0.5, 0.6) is 5.75 Å². The fourth-order valence-corrected chi connectivity index (χ4v) is 5.92. The van der Waals surface area contributed by atoms with Crippen LogP contribution < -0.4 is 10.1 Å². The number of benzene rings is 2. The molecule has 0 bridgehead atoms. The molecule has 1 fully saturated rings. The highest BCUT2D eigenvalue weighted by atomic mass is 32.2.